The van der Waals surface area contributed by atoms with Crippen molar-refractivity contribution in [3.8, 4) is 0 Å². The molecule has 1 aromatic rings. The van der Waals surface area contributed by atoms with Gasteiger partial charge < -0.3 is 5.32 Å². The van der Waals surface area contributed by atoms with Crippen LogP contribution in [0.3, 0.4) is 0 Å². The van der Waals surface area contributed by atoms with Gasteiger partial charge in [0.25, 0.3) is 0 Å². The maximum absolute atomic E-state index is 4.40. The first kappa shape index (κ1) is 14.5. The van der Waals surface area contributed by atoms with E-state index in [9.17, 15) is 0 Å². The van der Waals surface area contributed by atoms with E-state index in [-0.39, 0.29) is 0 Å². The number of rotatable bonds is 4. The van der Waals surface area contributed by atoms with E-state index in [0.29, 0.717) is 12.1 Å². The van der Waals surface area contributed by atoms with Crippen LogP contribution in [0.25, 0.3) is 0 Å². The monoisotopic (exact) mass is 261 g/mol. The molecule has 2 rings (SSSR count). The topological polar surface area (TPSA) is 28.2 Å². The van der Waals surface area contributed by atoms with Crippen molar-refractivity contribution in [2.75, 3.05) is 13.1 Å². The summed E-state index contributed by atoms with van der Waals surface area (Å²) in [7, 11) is 0. The fraction of sp³-hybridized carbons (Fsp3) is 0.688. The van der Waals surface area contributed by atoms with E-state index in [1.54, 1.807) is 0 Å². The molecule has 19 heavy (non-hydrogen) atoms. The van der Waals surface area contributed by atoms with Crippen molar-refractivity contribution in [3.63, 3.8) is 0 Å². The van der Waals surface area contributed by atoms with Crippen LogP contribution in [0.4, 0.5) is 0 Å². The largest absolute Gasteiger partial charge is 0.311 e. The van der Waals surface area contributed by atoms with Gasteiger partial charge in [-0.15, -0.1) is 0 Å². The Balaban J connectivity index is 1.99. The molecule has 0 radical (unpaired) electrons. The van der Waals surface area contributed by atoms with Crippen LogP contribution >= 0.6 is 0 Å². The Morgan fingerprint density at radius 2 is 2.26 bits per heavy atom. The highest BCUT2D eigenvalue weighted by Gasteiger charge is 2.27. The van der Waals surface area contributed by atoms with Gasteiger partial charge in [-0.1, -0.05) is 26.3 Å². The lowest BCUT2D eigenvalue weighted by molar-refractivity contribution is 0.111. The molecule has 0 aliphatic carbocycles. The van der Waals surface area contributed by atoms with Crippen LogP contribution < -0.4 is 5.32 Å². The summed E-state index contributed by atoms with van der Waals surface area (Å²) < 4.78 is 0. The molecule has 0 spiro atoms. The van der Waals surface area contributed by atoms with E-state index >= 15 is 0 Å². The lowest BCUT2D eigenvalue weighted by atomic mass is 9.95. The molecule has 3 unspecified atom stereocenters. The van der Waals surface area contributed by atoms with Crippen molar-refractivity contribution >= 4 is 0 Å². The normalized spacial score (nSPS) is 26.3. The van der Waals surface area contributed by atoms with Crippen molar-refractivity contribution in [2.24, 2.45) is 5.92 Å². The van der Waals surface area contributed by atoms with Crippen molar-refractivity contribution in [1.82, 2.24) is 15.2 Å². The van der Waals surface area contributed by atoms with Crippen molar-refractivity contribution < 1.29 is 0 Å². The van der Waals surface area contributed by atoms with Gasteiger partial charge in [0.1, 0.15) is 0 Å². The quantitative estimate of drug-likeness (QED) is 0.903. The molecule has 0 saturated carbocycles. The van der Waals surface area contributed by atoms with Crippen LogP contribution in [0, 0.1) is 12.8 Å². The Bertz CT molecular complexity index is 387. The maximum Gasteiger partial charge on any atom is 0.0372 e. The van der Waals surface area contributed by atoms with Crippen LogP contribution in [-0.4, -0.2) is 35.1 Å². The molecule has 1 saturated heterocycles. The van der Waals surface area contributed by atoms with Crippen LogP contribution in [0.5, 0.6) is 0 Å². The van der Waals surface area contributed by atoms with Gasteiger partial charge in [0.05, 0.1) is 0 Å². The Kier molecular flexibility index (Phi) is 4.94. The molecule has 1 aliphatic heterocycles. The molecule has 1 N–H and O–H groups in total. The zero-order valence-corrected chi connectivity index (χ0v) is 12.7. The maximum atomic E-state index is 4.40. The van der Waals surface area contributed by atoms with Gasteiger partial charge in [0.2, 0.25) is 0 Å². The molecule has 0 aromatic carbocycles. The third-order valence-corrected chi connectivity index (χ3v) is 4.42. The Morgan fingerprint density at radius 3 is 2.89 bits per heavy atom. The Morgan fingerprint density at radius 1 is 1.47 bits per heavy atom. The summed E-state index contributed by atoms with van der Waals surface area (Å²) in [5, 5.41) is 3.69. The smallest absolute Gasteiger partial charge is 0.0372 e. The van der Waals surface area contributed by atoms with E-state index < -0.39 is 0 Å². The van der Waals surface area contributed by atoms with Gasteiger partial charge in [-0.3, -0.25) is 9.88 Å². The Hall–Kier alpha value is -0.930. The van der Waals surface area contributed by atoms with Gasteiger partial charge in [0, 0.05) is 43.6 Å². The third kappa shape index (κ3) is 3.77. The second-order valence-electron chi connectivity index (χ2n) is 5.99. The number of hydrogen-bond acceptors (Lipinski definition) is 3. The Labute approximate surface area is 117 Å². The number of nitrogens with one attached hydrogen (secondary N) is 1. The van der Waals surface area contributed by atoms with E-state index in [1.165, 1.54) is 12.0 Å². The summed E-state index contributed by atoms with van der Waals surface area (Å²) in [6, 6.07) is 5.53. The van der Waals surface area contributed by atoms with Crippen LogP contribution in [0.15, 0.2) is 18.3 Å². The highest BCUT2D eigenvalue weighted by Crippen LogP contribution is 2.17. The predicted molar refractivity (Wildman–Crippen MR) is 80.1 cm³/mol. The minimum absolute atomic E-state index is 0.599. The summed E-state index contributed by atoms with van der Waals surface area (Å²) in [5.74, 6) is 0.742. The summed E-state index contributed by atoms with van der Waals surface area (Å²) in [5.41, 5.74) is 2.41. The molecule has 3 atom stereocenters. The zero-order valence-electron chi connectivity index (χ0n) is 12.7. The van der Waals surface area contributed by atoms with Gasteiger partial charge in [-0.2, -0.15) is 0 Å². The summed E-state index contributed by atoms with van der Waals surface area (Å²) in [6.45, 7) is 12.2. The molecule has 0 amide bonds. The molecule has 0 bridgehead atoms. The highest BCUT2D eigenvalue weighted by molar-refractivity contribution is 5.13. The summed E-state index contributed by atoms with van der Waals surface area (Å²) in [6.07, 6.45) is 3.26. The molecule has 106 valence electrons. The minimum Gasteiger partial charge on any atom is -0.311 e. The molecule has 1 aromatic heterocycles. The molecular weight excluding hydrogens is 234 g/mol. The molecule has 1 aliphatic rings. The van der Waals surface area contributed by atoms with Gasteiger partial charge in [0.15, 0.2) is 0 Å². The first-order valence-corrected chi connectivity index (χ1v) is 7.49. The van der Waals surface area contributed by atoms with Gasteiger partial charge in [-0.05, 0) is 31.4 Å². The minimum atomic E-state index is 0.599. The van der Waals surface area contributed by atoms with E-state index in [2.05, 4.69) is 48.1 Å². The molecule has 3 nitrogen and oxygen atoms in total. The number of piperazine rings is 1. The lowest BCUT2D eigenvalue weighted by Gasteiger charge is -2.41. The second kappa shape index (κ2) is 6.49. The molecule has 3 heteroatoms. The number of aryl methyl sites for hydroxylation is 1. The van der Waals surface area contributed by atoms with Crippen LogP contribution in [-0.2, 0) is 6.54 Å². The number of pyridine rings is 1. The van der Waals surface area contributed by atoms with E-state index in [4.69, 9.17) is 0 Å². The highest BCUT2D eigenvalue weighted by atomic mass is 15.2. The van der Waals surface area contributed by atoms with Crippen LogP contribution in [0.2, 0.25) is 0 Å². The standard InChI is InChI=1S/C16H27N3/c1-5-12(2)16-11-19(14(4)8-18-16)10-15-7-6-13(3)17-9-15/h6-7,9,12,14,16,18H,5,8,10-11H2,1-4H3. The van der Waals surface area contributed by atoms with E-state index in [0.717, 1.165) is 31.2 Å². The molecular formula is C16H27N3. The van der Waals surface area contributed by atoms with E-state index in [1.807, 2.05) is 13.1 Å². The summed E-state index contributed by atoms with van der Waals surface area (Å²) in [4.78, 5) is 6.98. The van der Waals surface area contributed by atoms with Crippen molar-refractivity contribution in [3.05, 3.63) is 29.6 Å². The fourth-order valence-corrected chi connectivity index (χ4v) is 2.66. The lowest BCUT2D eigenvalue weighted by Crippen LogP contribution is -2.56. The third-order valence-electron chi connectivity index (χ3n) is 4.42. The first-order chi connectivity index (χ1) is 9.10. The van der Waals surface area contributed by atoms with Crippen LogP contribution in [0.1, 0.15) is 38.4 Å². The van der Waals surface area contributed by atoms with Gasteiger partial charge >= 0.3 is 0 Å². The average Bonchev–Trinajstić information content (AvgIpc) is 2.43. The number of aromatic nitrogens is 1. The fourth-order valence-electron chi connectivity index (χ4n) is 2.66. The SMILES string of the molecule is CCC(C)C1CN(Cc2ccc(C)nc2)C(C)CN1. The van der Waals surface area contributed by atoms with Gasteiger partial charge in [-0.25, -0.2) is 0 Å². The van der Waals surface area contributed by atoms with Crippen molar-refractivity contribution in [1.29, 1.82) is 0 Å². The van der Waals surface area contributed by atoms with Crippen molar-refractivity contribution in [2.45, 2.75) is 52.7 Å². The number of hydrogen-bond donors (Lipinski definition) is 1. The molecule has 1 fully saturated rings. The zero-order chi connectivity index (χ0) is 13.8. The summed E-state index contributed by atoms with van der Waals surface area (Å²) >= 11 is 0. The second-order valence-corrected chi connectivity index (χ2v) is 5.99. The first-order valence-electron chi connectivity index (χ1n) is 7.49. The molecule has 2 heterocycles. The average molecular weight is 261 g/mol. The number of nitrogens with zero attached hydrogens (tertiary/aromatic N) is 2. The predicted octanol–water partition coefficient (Wildman–Crippen LogP) is 2.60.